The summed E-state index contributed by atoms with van der Waals surface area (Å²) >= 11 is 1.40. The third kappa shape index (κ3) is 3.96. The van der Waals surface area contributed by atoms with E-state index in [2.05, 4.69) is 45.9 Å². The Morgan fingerprint density at radius 3 is 1.42 bits per heavy atom. The van der Waals surface area contributed by atoms with Gasteiger partial charge in [-0.15, -0.1) is 0 Å². The lowest BCUT2D eigenvalue weighted by molar-refractivity contribution is 1.61. The van der Waals surface area contributed by atoms with Crippen LogP contribution in [-0.2, 0) is 11.8 Å². The van der Waals surface area contributed by atoms with Crippen LogP contribution >= 0.6 is 0 Å². The summed E-state index contributed by atoms with van der Waals surface area (Å²) in [6.45, 7) is 18.5. The zero-order valence-corrected chi connectivity index (χ0v) is 12.1. The normalized spacial score (nSPS) is 13.6. The van der Waals surface area contributed by atoms with Gasteiger partial charge >= 0.3 is 0 Å². The molecule has 0 N–H and O–H groups in total. The fraction of sp³-hybridized carbons (Fsp3) is 0.667. The molecule has 0 amide bonds. The van der Waals surface area contributed by atoms with Crippen molar-refractivity contribution < 1.29 is 0 Å². The number of thiol groups is 1. The molecule has 0 aliphatic rings. The van der Waals surface area contributed by atoms with Crippen molar-refractivity contribution >= 4 is 27.9 Å². The SMILES string of the molecule is C=C[SH+][C-]([Si](C)(C)C)[Si](C)(C)C. The highest BCUT2D eigenvalue weighted by Gasteiger charge is 2.29. The predicted molar refractivity (Wildman–Crippen MR) is 68.9 cm³/mol. The molecule has 0 aliphatic heterocycles. The maximum atomic E-state index is 3.84. The monoisotopic (exact) mass is 218 g/mol. The summed E-state index contributed by atoms with van der Waals surface area (Å²) in [6, 6.07) is 0. The van der Waals surface area contributed by atoms with Gasteiger partial charge in [0.05, 0.1) is 5.41 Å². The molecule has 0 bridgehead atoms. The van der Waals surface area contributed by atoms with Gasteiger partial charge in [-0.25, -0.2) is 0 Å². The largest absolute Gasteiger partial charge is 0.154 e. The first-order chi connectivity index (χ1) is 5.19. The molecule has 0 aromatic carbocycles. The van der Waals surface area contributed by atoms with Crippen molar-refractivity contribution in [2.45, 2.75) is 39.3 Å². The number of rotatable bonds is 4. The molecule has 72 valence electrons. The van der Waals surface area contributed by atoms with Crippen LogP contribution in [0.4, 0.5) is 0 Å². The predicted octanol–water partition coefficient (Wildman–Crippen LogP) is 3.23. The van der Waals surface area contributed by atoms with Crippen molar-refractivity contribution in [2.75, 3.05) is 0 Å². The summed E-state index contributed by atoms with van der Waals surface area (Å²) in [7, 11) is -2.10. The van der Waals surface area contributed by atoms with Crippen LogP contribution in [0.1, 0.15) is 0 Å². The molecule has 0 atom stereocenters. The average Bonchev–Trinajstić information content (AvgIpc) is 1.77. The van der Waals surface area contributed by atoms with Crippen LogP contribution in [0.25, 0.3) is 0 Å². The van der Waals surface area contributed by atoms with Gasteiger partial charge in [0.15, 0.2) is 0 Å². The van der Waals surface area contributed by atoms with Crippen molar-refractivity contribution in [2.24, 2.45) is 0 Å². The Kier molecular flexibility index (Phi) is 4.34. The number of hydrogen-bond acceptors (Lipinski definition) is 0. The smallest absolute Gasteiger partial charge is 0.0785 e. The van der Waals surface area contributed by atoms with Gasteiger partial charge < -0.3 is 0 Å². The van der Waals surface area contributed by atoms with E-state index < -0.39 is 16.1 Å². The molecule has 0 aliphatic carbocycles. The summed E-state index contributed by atoms with van der Waals surface area (Å²) < 4.78 is 1.82. The lowest BCUT2D eigenvalue weighted by Gasteiger charge is -2.44. The zero-order valence-electron chi connectivity index (χ0n) is 9.23. The van der Waals surface area contributed by atoms with E-state index in [1.54, 1.807) is 0 Å². The van der Waals surface area contributed by atoms with Crippen LogP contribution in [0.5, 0.6) is 0 Å². The lowest BCUT2D eigenvalue weighted by Crippen LogP contribution is -2.47. The van der Waals surface area contributed by atoms with Crippen LogP contribution in [0.15, 0.2) is 12.0 Å². The van der Waals surface area contributed by atoms with Gasteiger partial charge in [0.25, 0.3) is 0 Å². The summed E-state index contributed by atoms with van der Waals surface area (Å²) in [4.78, 5) is 0. The van der Waals surface area contributed by atoms with Gasteiger partial charge in [0.2, 0.25) is 0 Å². The van der Waals surface area contributed by atoms with Crippen LogP contribution in [-0.4, -0.2) is 16.1 Å². The van der Waals surface area contributed by atoms with Crippen LogP contribution < -0.4 is 0 Å². The maximum absolute atomic E-state index is 3.84. The van der Waals surface area contributed by atoms with E-state index in [4.69, 9.17) is 0 Å². The second-order valence-corrected chi connectivity index (χ2v) is 17.6. The molecule has 0 aromatic rings. The van der Waals surface area contributed by atoms with Crippen molar-refractivity contribution in [1.82, 2.24) is 0 Å². The van der Waals surface area contributed by atoms with E-state index in [0.717, 1.165) is 0 Å². The lowest BCUT2D eigenvalue weighted by atomic mass is 11.3. The van der Waals surface area contributed by atoms with E-state index in [0.29, 0.717) is 0 Å². The fourth-order valence-electron chi connectivity index (χ4n) is 1.60. The molecule has 0 saturated heterocycles. The molecule has 3 heteroatoms. The molecule has 0 rings (SSSR count). The first-order valence-corrected chi connectivity index (χ1v) is 12.4. The highest BCUT2D eigenvalue weighted by Crippen LogP contribution is 2.29. The van der Waals surface area contributed by atoms with Crippen molar-refractivity contribution in [1.29, 1.82) is 0 Å². The Balaban J connectivity index is 4.56. The molecule has 0 saturated carbocycles. The van der Waals surface area contributed by atoms with Gasteiger partial charge in [-0.3, -0.25) is 0 Å². The van der Waals surface area contributed by atoms with Crippen molar-refractivity contribution in [3.05, 3.63) is 16.5 Å². The second-order valence-electron chi connectivity index (χ2n) is 5.16. The first kappa shape index (κ1) is 12.5. The average molecular weight is 219 g/mol. The van der Waals surface area contributed by atoms with E-state index in [1.165, 1.54) is 11.8 Å². The van der Waals surface area contributed by atoms with E-state index in [1.807, 2.05) is 9.90 Å². The Labute approximate surface area is 83.9 Å². The zero-order chi connectivity index (χ0) is 9.99. The highest BCUT2D eigenvalue weighted by molar-refractivity contribution is 7.90. The Morgan fingerprint density at radius 1 is 1.00 bits per heavy atom. The molecular weight excluding hydrogens is 196 g/mol. The fourth-order valence-corrected chi connectivity index (χ4v) is 14.4. The van der Waals surface area contributed by atoms with Crippen LogP contribution in [0, 0.1) is 4.50 Å². The van der Waals surface area contributed by atoms with Gasteiger partial charge in [0, 0.05) is 0 Å². The molecule has 0 aromatic heterocycles. The summed E-state index contributed by atoms with van der Waals surface area (Å²) in [5, 5.41) is 2.05. The van der Waals surface area contributed by atoms with Gasteiger partial charge in [-0.2, -0.15) is 11.8 Å². The third-order valence-corrected chi connectivity index (χ3v) is 14.2. The Bertz CT molecular complexity index is 139. The molecule has 12 heavy (non-hydrogen) atoms. The standard InChI is InChI=1S/C9H22SSi2/c1-8-10-9(11(2,3)4)12(5,6)7/h8,10H,1H2,2-7H3. The summed E-state index contributed by atoms with van der Waals surface area (Å²) in [5.41, 5.74) is 0. The van der Waals surface area contributed by atoms with Gasteiger partial charge in [-0.1, -0.05) is 66.5 Å². The molecule has 0 heterocycles. The van der Waals surface area contributed by atoms with Gasteiger partial charge in [0.1, 0.15) is 0 Å². The second kappa shape index (κ2) is 4.16. The molecule has 0 spiro atoms. The van der Waals surface area contributed by atoms with Crippen molar-refractivity contribution in [3.8, 4) is 0 Å². The van der Waals surface area contributed by atoms with E-state index >= 15 is 0 Å². The Hall–Kier alpha value is 0.524. The van der Waals surface area contributed by atoms with Crippen molar-refractivity contribution in [3.63, 3.8) is 0 Å². The highest BCUT2D eigenvalue weighted by atomic mass is 32.2. The quantitative estimate of drug-likeness (QED) is 0.294. The minimum absolute atomic E-state index is 1.05. The molecule has 0 fully saturated rings. The van der Waals surface area contributed by atoms with Gasteiger partial charge in [-0.05, 0) is 0 Å². The third-order valence-electron chi connectivity index (χ3n) is 1.64. The van der Waals surface area contributed by atoms with E-state index in [-0.39, 0.29) is 0 Å². The molecule has 0 radical (unpaired) electrons. The number of hydrogen-bond donors (Lipinski definition) is 0. The van der Waals surface area contributed by atoms with Crippen LogP contribution in [0.2, 0.25) is 39.3 Å². The first-order valence-electron chi connectivity index (χ1n) is 4.39. The molecule has 0 nitrogen and oxygen atoms in total. The summed E-state index contributed by atoms with van der Waals surface area (Å²) in [6.07, 6.45) is 0. The minimum Gasteiger partial charge on any atom is -0.154 e. The topological polar surface area (TPSA) is 0 Å². The van der Waals surface area contributed by atoms with E-state index in [9.17, 15) is 0 Å². The molecule has 0 unspecified atom stereocenters. The summed E-state index contributed by atoms with van der Waals surface area (Å²) in [5.74, 6) is 0. The minimum atomic E-state index is -1.05. The Morgan fingerprint density at radius 2 is 1.33 bits per heavy atom. The maximum Gasteiger partial charge on any atom is 0.0785 e. The molecular formula is C9H22SSi2. The van der Waals surface area contributed by atoms with Crippen LogP contribution in [0.3, 0.4) is 0 Å².